The van der Waals surface area contributed by atoms with Crippen LogP contribution < -0.4 is 0 Å². The van der Waals surface area contributed by atoms with Gasteiger partial charge in [-0.05, 0) is 17.9 Å². The summed E-state index contributed by atoms with van der Waals surface area (Å²) in [4.78, 5) is 39.8. The van der Waals surface area contributed by atoms with E-state index in [1.807, 2.05) is 6.07 Å². The molecule has 2 spiro atoms. The first kappa shape index (κ1) is 24.4. The molecule has 4 saturated heterocycles. The lowest BCUT2D eigenvalue weighted by molar-refractivity contribution is -0.240. The van der Waals surface area contributed by atoms with Crippen LogP contribution in [0.3, 0.4) is 0 Å². The molecule has 12 atom stereocenters. The molecule has 6 fully saturated rings. The number of esters is 3. The maximum atomic E-state index is 16.8. The highest BCUT2D eigenvalue weighted by atomic mass is 19.1. The van der Waals surface area contributed by atoms with E-state index in [0.717, 1.165) is 5.56 Å². The summed E-state index contributed by atoms with van der Waals surface area (Å²) >= 11 is 0. The number of carbonyl (C=O) groups is 3. The number of halogens is 1. The lowest BCUT2D eigenvalue weighted by Crippen LogP contribution is -2.67. The second-order valence-electron chi connectivity index (χ2n) is 12.5. The van der Waals surface area contributed by atoms with E-state index >= 15 is 4.39 Å². The minimum atomic E-state index is -2.44. The number of carbonyl (C=O) groups excluding carboxylic acids is 3. The molecule has 0 aromatic heterocycles. The normalized spacial score (nSPS) is 51.8. The van der Waals surface area contributed by atoms with E-state index in [2.05, 4.69) is 0 Å². The van der Waals surface area contributed by atoms with Gasteiger partial charge in [0.25, 0.3) is 0 Å². The van der Waals surface area contributed by atoms with Crippen LogP contribution in [0, 0.1) is 28.1 Å². The predicted molar refractivity (Wildman–Crippen MR) is 121 cm³/mol. The van der Waals surface area contributed by atoms with Crippen LogP contribution in [0.25, 0.3) is 0 Å². The van der Waals surface area contributed by atoms with Crippen LogP contribution in [0.2, 0.25) is 0 Å². The van der Waals surface area contributed by atoms with E-state index in [1.165, 1.54) is 6.92 Å². The van der Waals surface area contributed by atoms with Crippen molar-refractivity contribution in [1.82, 2.24) is 0 Å². The first-order valence-electron chi connectivity index (χ1n) is 12.8. The molecule has 204 valence electrons. The Hall–Kier alpha value is -2.60. The zero-order valence-electron chi connectivity index (χ0n) is 21.3. The van der Waals surface area contributed by atoms with Crippen molar-refractivity contribution < 1.29 is 52.7 Å². The lowest BCUT2D eigenvalue weighted by atomic mass is 9.51. The molecule has 0 radical (unpaired) electrons. The van der Waals surface area contributed by atoms with Gasteiger partial charge in [0.05, 0.1) is 23.4 Å². The van der Waals surface area contributed by atoms with Crippen molar-refractivity contribution in [3.05, 3.63) is 35.9 Å². The molecule has 38 heavy (non-hydrogen) atoms. The number of rotatable bonds is 3. The van der Waals surface area contributed by atoms with E-state index in [0.29, 0.717) is 0 Å². The maximum Gasteiger partial charge on any atom is 0.343 e. The number of hydrogen-bond donors (Lipinski definition) is 2. The molecule has 1 aromatic carbocycles. The minimum Gasteiger partial charge on any atom is -0.456 e. The predicted octanol–water partition coefficient (Wildman–Crippen LogP) is 0.803. The fraction of sp³-hybridized carbons (Fsp3) is 0.667. The van der Waals surface area contributed by atoms with Crippen LogP contribution in [0.1, 0.15) is 33.3 Å². The standard InChI is InChI=1S/C27H29FO10/c1-11-19(30)35-17-15(29)25-16-13(28)14(23(2,3)4)24(25)18(34-10-12-8-6-5-7-9-12)20(31)37-22(24)38-27(25,21(32)36-16)26(11,17)33/h5-9,11,13-18,22,29,33H,10H2,1-4H3/t11-,13+,14+,15+,16?,17?,18+,22?,24?,25+,26-,27+/m1/s1. The molecule has 0 amide bonds. The second kappa shape index (κ2) is 6.93. The van der Waals surface area contributed by atoms with Crippen LogP contribution in [0.4, 0.5) is 4.39 Å². The summed E-state index contributed by atoms with van der Waals surface area (Å²) in [6.45, 7) is 6.61. The van der Waals surface area contributed by atoms with Crippen molar-refractivity contribution in [3.63, 3.8) is 0 Å². The van der Waals surface area contributed by atoms with Crippen molar-refractivity contribution in [2.24, 2.45) is 28.1 Å². The minimum absolute atomic E-state index is 0.0549. The second-order valence-corrected chi connectivity index (χ2v) is 12.5. The molecule has 4 aliphatic heterocycles. The number of aliphatic hydroxyl groups is 2. The third kappa shape index (κ3) is 2.13. The molecular weight excluding hydrogens is 503 g/mol. The molecule has 2 aliphatic carbocycles. The van der Waals surface area contributed by atoms with Crippen molar-refractivity contribution in [3.8, 4) is 0 Å². The fourth-order valence-corrected chi connectivity index (χ4v) is 9.12. The molecule has 10 nitrogen and oxygen atoms in total. The summed E-state index contributed by atoms with van der Waals surface area (Å²) in [5.74, 6) is -5.22. The monoisotopic (exact) mass is 532 g/mol. The highest BCUT2D eigenvalue weighted by molar-refractivity contribution is 5.94. The van der Waals surface area contributed by atoms with Gasteiger partial charge >= 0.3 is 17.9 Å². The van der Waals surface area contributed by atoms with Crippen LogP contribution >= 0.6 is 0 Å². The largest absolute Gasteiger partial charge is 0.456 e. The van der Waals surface area contributed by atoms with Crippen molar-refractivity contribution in [2.75, 3.05) is 0 Å². The Morgan fingerprint density at radius 3 is 2.37 bits per heavy atom. The molecule has 2 saturated carbocycles. The Balaban J connectivity index is 1.50. The Labute approximate surface area is 217 Å². The maximum absolute atomic E-state index is 16.8. The summed E-state index contributed by atoms with van der Waals surface area (Å²) in [7, 11) is 0. The number of alkyl halides is 1. The molecule has 1 aromatic rings. The molecule has 11 heteroatoms. The quantitative estimate of drug-likeness (QED) is 0.425. The number of ether oxygens (including phenoxy) is 5. The van der Waals surface area contributed by atoms with E-state index in [1.54, 1.807) is 45.0 Å². The summed E-state index contributed by atoms with van der Waals surface area (Å²) in [5.41, 5.74) is -8.86. The Morgan fingerprint density at radius 2 is 1.71 bits per heavy atom. The van der Waals surface area contributed by atoms with Gasteiger partial charge in [0.15, 0.2) is 17.8 Å². The number of fused-ring (bicyclic) bond motifs is 1. The Morgan fingerprint density at radius 1 is 1.03 bits per heavy atom. The van der Waals surface area contributed by atoms with Crippen molar-refractivity contribution >= 4 is 17.9 Å². The zero-order chi connectivity index (χ0) is 27.2. The van der Waals surface area contributed by atoms with E-state index in [9.17, 15) is 24.6 Å². The Kier molecular flexibility index (Phi) is 4.46. The van der Waals surface area contributed by atoms with Gasteiger partial charge in [-0.25, -0.2) is 14.0 Å². The van der Waals surface area contributed by atoms with Crippen LogP contribution in [0.15, 0.2) is 30.3 Å². The average Bonchev–Trinajstić information content (AvgIpc) is 3.55. The summed E-state index contributed by atoms with van der Waals surface area (Å²) in [6.07, 6.45) is -9.98. The number of aliphatic hydroxyl groups excluding tert-OH is 1. The van der Waals surface area contributed by atoms with Crippen LogP contribution in [0.5, 0.6) is 0 Å². The molecule has 0 bridgehead atoms. The molecule has 7 rings (SSSR count). The van der Waals surface area contributed by atoms with Gasteiger partial charge in [-0.3, -0.25) is 4.79 Å². The van der Waals surface area contributed by atoms with Gasteiger partial charge in [0.1, 0.15) is 18.4 Å². The zero-order valence-corrected chi connectivity index (χ0v) is 21.3. The summed E-state index contributed by atoms with van der Waals surface area (Å²) in [5, 5.41) is 24.2. The molecular formula is C27H29FO10. The van der Waals surface area contributed by atoms with Gasteiger partial charge in [-0.2, -0.15) is 0 Å². The summed E-state index contributed by atoms with van der Waals surface area (Å²) < 4.78 is 46.0. The Bertz CT molecular complexity index is 1260. The molecule has 2 N–H and O–H groups in total. The fourth-order valence-electron chi connectivity index (χ4n) is 9.12. The average molecular weight is 533 g/mol. The van der Waals surface area contributed by atoms with Gasteiger partial charge in [-0.15, -0.1) is 0 Å². The van der Waals surface area contributed by atoms with Gasteiger partial charge in [0, 0.05) is 5.92 Å². The third-order valence-corrected chi connectivity index (χ3v) is 10.1. The topological polar surface area (TPSA) is 138 Å². The van der Waals surface area contributed by atoms with Gasteiger partial charge < -0.3 is 33.9 Å². The molecule has 4 heterocycles. The SMILES string of the molecule is C[C@@H]1C(=O)OC2[C@H](O)[C@@]34C5OC(=O)[C@@]3(OC3OC(=O)[C@H](OCc6ccccc6)C34[C@H](C(C)(C)C)[C@@H]5F)[C@]21O. The number of hydrogen-bond acceptors (Lipinski definition) is 10. The van der Waals surface area contributed by atoms with E-state index in [4.69, 9.17) is 23.7 Å². The van der Waals surface area contributed by atoms with Crippen LogP contribution in [-0.2, 0) is 44.7 Å². The number of benzene rings is 1. The first-order valence-corrected chi connectivity index (χ1v) is 12.8. The van der Waals surface area contributed by atoms with Crippen LogP contribution in [-0.4, -0.2) is 76.2 Å². The highest BCUT2D eigenvalue weighted by Crippen LogP contribution is 2.85. The van der Waals surface area contributed by atoms with Gasteiger partial charge in [-0.1, -0.05) is 51.1 Å². The van der Waals surface area contributed by atoms with Gasteiger partial charge in [0.2, 0.25) is 11.9 Å². The molecule has 4 unspecified atom stereocenters. The lowest BCUT2D eigenvalue weighted by Gasteiger charge is -2.48. The summed E-state index contributed by atoms with van der Waals surface area (Å²) in [6, 6.07) is 9.00. The smallest absolute Gasteiger partial charge is 0.343 e. The molecule has 6 aliphatic rings. The first-order chi connectivity index (χ1) is 17.8. The van der Waals surface area contributed by atoms with Crippen molar-refractivity contribution in [2.45, 2.75) is 82.4 Å². The van der Waals surface area contributed by atoms with E-state index < -0.39 is 94.1 Å². The third-order valence-electron chi connectivity index (χ3n) is 10.1. The van der Waals surface area contributed by atoms with E-state index in [-0.39, 0.29) is 6.61 Å². The van der Waals surface area contributed by atoms with Crippen molar-refractivity contribution in [1.29, 1.82) is 0 Å². The highest BCUT2D eigenvalue weighted by Gasteiger charge is 3.05.